The summed E-state index contributed by atoms with van der Waals surface area (Å²) in [4.78, 5) is 34.3. The Morgan fingerprint density at radius 3 is 2.71 bits per heavy atom. The number of aromatic nitrogens is 1. The molecule has 1 aromatic heterocycles. The number of hydrogen-bond donors (Lipinski definition) is 1. The van der Waals surface area contributed by atoms with Crippen molar-refractivity contribution in [1.82, 2.24) is 15.4 Å². The molecule has 1 atom stereocenters. The van der Waals surface area contributed by atoms with Gasteiger partial charge in [-0.15, -0.1) is 0 Å². The molecule has 0 aromatic carbocycles. The maximum absolute atomic E-state index is 12.6. The maximum atomic E-state index is 12.6. The molecular weight excluding hydrogens is 306 g/mol. The maximum Gasteiger partial charge on any atom is 0.270 e. The van der Waals surface area contributed by atoms with Gasteiger partial charge in [-0.25, -0.2) is 5.06 Å². The normalized spacial score (nSPS) is 19.9. The molecule has 0 aliphatic carbocycles. The van der Waals surface area contributed by atoms with Gasteiger partial charge in [0.1, 0.15) is 11.7 Å². The molecule has 2 amide bonds. The highest BCUT2D eigenvalue weighted by Gasteiger charge is 2.25. The summed E-state index contributed by atoms with van der Waals surface area (Å²) < 4.78 is 0. The van der Waals surface area contributed by atoms with E-state index in [9.17, 15) is 9.59 Å². The van der Waals surface area contributed by atoms with Crippen LogP contribution in [0.15, 0.2) is 18.3 Å². The van der Waals surface area contributed by atoms with Gasteiger partial charge in [-0.2, -0.15) is 0 Å². The number of nitrogens with one attached hydrogen (secondary N) is 1. The summed E-state index contributed by atoms with van der Waals surface area (Å²) in [6.07, 6.45) is 9.61. The Kier molecular flexibility index (Phi) is 7.18. The average molecular weight is 333 g/mol. The van der Waals surface area contributed by atoms with Crippen molar-refractivity contribution in [2.24, 2.45) is 0 Å². The molecule has 1 aromatic rings. The molecule has 6 heteroatoms. The Hall–Kier alpha value is -1.95. The van der Waals surface area contributed by atoms with Crippen molar-refractivity contribution in [3.8, 4) is 0 Å². The van der Waals surface area contributed by atoms with Gasteiger partial charge in [0, 0.05) is 13.2 Å². The minimum absolute atomic E-state index is 0.238. The summed E-state index contributed by atoms with van der Waals surface area (Å²) in [5.74, 6) is -0.522. The molecule has 2 heterocycles. The van der Waals surface area contributed by atoms with Gasteiger partial charge >= 0.3 is 0 Å². The van der Waals surface area contributed by atoms with Gasteiger partial charge in [0.15, 0.2) is 0 Å². The average Bonchev–Trinajstić information content (AvgIpc) is 2.62. The molecule has 0 saturated heterocycles. The minimum Gasteiger partial charge on any atom is -0.339 e. The monoisotopic (exact) mass is 333 g/mol. The van der Waals surface area contributed by atoms with Gasteiger partial charge in [0.25, 0.3) is 11.8 Å². The first-order valence-corrected chi connectivity index (χ1v) is 8.70. The van der Waals surface area contributed by atoms with E-state index in [1.165, 1.54) is 18.6 Å². The molecule has 1 aliphatic rings. The van der Waals surface area contributed by atoms with Crippen molar-refractivity contribution in [3.05, 3.63) is 29.6 Å². The van der Waals surface area contributed by atoms with Crippen LogP contribution in [0.2, 0.25) is 0 Å². The quantitative estimate of drug-likeness (QED) is 0.844. The number of likely N-dealkylation sites (N-methyl/N-ethyl adjacent to an activating group) is 1. The summed E-state index contributed by atoms with van der Waals surface area (Å²) in [6.45, 7) is 0. The van der Waals surface area contributed by atoms with E-state index >= 15 is 0 Å². The van der Waals surface area contributed by atoms with Crippen LogP contribution in [0, 0.1) is 0 Å². The van der Waals surface area contributed by atoms with E-state index in [2.05, 4.69) is 10.3 Å². The molecule has 1 aliphatic heterocycles. The minimum atomic E-state index is -0.585. The Balaban J connectivity index is 2.21. The highest BCUT2D eigenvalue weighted by molar-refractivity contribution is 5.97. The Labute approximate surface area is 143 Å². The number of amides is 2. The van der Waals surface area contributed by atoms with E-state index in [1.54, 1.807) is 13.2 Å². The van der Waals surface area contributed by atoms with Crippen LogP contribution in [0.5, 0.6) is 0 Å². The van der Waals surface area contributed by atoms with Crippen molar-refractivity contribution in [2.45, 2.75) is 57.4 Å². The third-order valence-electron chi connectivity index (χ3n) is 4.48. The molecule has 2 rings (SSSR count). The van der Waals surface area contributed by atoms with Crippen molar-refractivity contribution >= 4 is 11.8 Å². The van der Waals surface area contributed by atoms with E-state index in [-0.39, 0.29) is 11.8 Å². The molecular formula is C18H27N3O3. The van der Waals surface area contributed by atoms with Gasteiger partial charge in [0.05, 0.1) is 7.11 Å². The molecule has 0 radical (unpaired) electrons. The largest absolute Gasteiger partial charge is 0.339 e. The SMILES string of the molecule is CON(C)C(=O)[C@@H]1CCCCCCCCc2cccnc2C(=O)N1. The zero-order valence-corrected chi connectivity index (χ0v) is 14.6. The summed E-state index contributed by atoms with van der Waals surface area (Å²) in [6, 6.07) is 3.21. The van der Waals surface area contributed by atoms with E-state index in [4.69, 9.17) is 4.84 Å². The standard InChI is InChI=1S/C18H27N3O3/c1-21(24-2)18(23)15-12-8-6-4-3-5-7-10-14-11-9-13-19-16(14)17(22)20-15/h9,11,13,15H,3-8,10,12H2,1-2H3,(H,20,22)/t15-/m0/s1. The predicted octanol–water partition coefficient (Wildman–Crippen LogP) is 2.49. The zero-order valence-electron chi connectivity index (χ0n) is 14.6. The van der Waals surface area contributed by atoms with Crippen LogP contribution in [-0.4, -0.2) is 42.1 Å². The number of carbonyl (C=O) groups excluding carboxylic acids is 2. The molecule has 1 N–H and O–H groups in total. The van der Waals surface area contributed by atoms with Crippen molar-refractivity contribution < 1.29 is 14.4 Å². The molecule has 0 fully saturated rings. The zero-order chi connectivity index (χ0) is 17.4. The van der Waals surface area contributed by atoms with Gasteiger partial charge < -0.3 is 5.32 Å². The second-order valence-corrected chi connectivity index (χ2v) is 6.22. The van der Waals surface area contributed by atoms with Crippen LogP contribution in [0.4, 0.5) is 0 Å². The van der Waals surface area contributed by atoms with Gasteiger partial charge in [0.2, 0.25) is 0 Å². The molecule has 6 nitrogen and oxygen atoms in total. The molecule has 24 heavy (non-hydrogen) atoms. The Morgan fingerprint density at radius 1 is 1.25 bits per heavy atom. The summed E-state index contributed by atoms with van der Waals surface area (Å²) >= 11 is 0. The first-order valence-electron chi connectivity index (χ1n) is 8.70. The number of fused-ring (bicyclic) bond motifs is 1. The first-order chi connectivity index (χ1) is 11.6. The van der Waals surface area contributed by atoms with Gasteiger partial charge in [-0.3, -0.25) is 19.4 Å². The lowest BCUT2D eigenvalue weighted by Gasteiger charge is -2.23. The van der Waals surface area contributed by atoms with E-state index in [0.29, 0.717) is 12.1 Å². The fourth-order valence-electron chi connectivity index (χ4n) is 3.01. The van der Waals surface area contributed by atoms with Crippen LogP contribution in [0.1, 0.15) is 61.0 Å². The number of rotatable bonds is 2. The van der Waals surface area contributed by atoms with E-state index < -0.39 is 6.04 Å². The number of nitrogens with zero attached hydrogens (tertiary/aromatic N) is 2. The topological polar surface area (TPSA) is 71.5 Å². The molecule has 132 valence electrons. The lowest BCUT2D eigenvalue weighted by molar-refractivity contribution is -0.171. The number of hydroxylamine groups is 2. The van der Waals surface area contributed by atoms with Crippen LogP contribution in [-0.2, 0) is 16.1 Å². The molecule has 0 unspecified atom stereocenters. The highest BCUT2D eigenvalue weighted by atomic mass is 16.7. The lowest BCUT2D eigenvalue weighted by atomic mass is 10.0. The number of carbonyl (C=O) groups is 2. The lowest BCUT2D eigenvalue weighted by Crippen LogP contribution is -2.47. The molecule has 0 saturated carbocycles. The van der Waals surface area contributed by atoms with Gasteiger partial charge in [-0.05, 0) is 30.9 Å². The highest BCUT2D eigenvalue weighted by Crippen LogP contribution is 2.16. The van der Waals surface area contributed by atoms with Crippen LogP contribution in [0.25, 0.3) is 0 Å². The van der Waals surface area contributed by atoms with Crippen molar-refractivity contribution in [1.29, 1.82) is 0 Å². The van der Waals surface area contributed by atoms with Crippen molar-refractivity contribution in [3.63, 3.8) is 0 Å². The Bertz CT molecular complexity index is 562. The molecule has 0 spiro atoms. The second-order valence-electron chi connectivity index (χ2n) is 6.22. The third-order valence-corrected chi connectivity index (χ3v) is 4.48. The fraction of sp³-hybridized carbons (Fsp3) is 0.611. The second kappa shape index (κ2) is 9.37. The summed E-state index contributed by atoms with van der Waals surface area (Å²) in [7, 11) is 3.00. The van der Waals surface area contributed by atoms with Crippen molar-refractivity contribution in [2.75, 3.05) is 14.2 Å². The van der Waals surface area contributed by atoms with E-state index in [0.717, 1.165) is 44.1 Å². The van der Waals surface area contributed by atoms with E-state index in [1.807, 2.05) is 12.1 Å². The number of aryl methyl sites for hydroxylation is 1. The number of pyridine rings is 1. The summed E-state index contributed by atoms with van der Waals surface area (Å²) in [5, 5.41) is 4.02. The van der Waals surface area contributed by atoms with Gasteiger partial charge in [-0.1, -0.05) is 38.2 Å². The smallest absolute Gasteiger partial charge is 0.270 e. The predicted molar refractivity (Wildman–Crippen MR) is 91.3 cm³/mol. The number of hydrogen-bond acceptors (Lipinski definition) is 4. The first kappa shape index (κ1) is 18.4. The van der Waals surface area contributed by atoms with Crippen LogP contribution < -0.4 is 5.32 Å². The fourth-order valence-corrected chi connectivity index (χ4v) is 3.01. The molecule has 0 bridgehead atoms. The van der Waals surface area contributed by atoms with Crippen LogP contribution >= 0.6 is 0 Å². The summed E-state index contributed by atoms with van der Waals surface area (Å²) in [5.41, 5.74) is 1.37. The van der Waals surface area contributed by atoms with Crippen LogP contribution in [0.3, 0.4) is 0 Å². The Morgan fingerprint density at radius 2 is 1.96 bits per heavy atom. The third kappa shape index (κ3) is 5.03.